The summed E-state index contributed by atoms with van der Waals surface area (Å²) in [7, 11) is 3.54. The van der Waals surface area contributed by atoms with Gasteiger partial charge in [0.25, 0.3) is 0 Å². The van der Waals surface area contributed by atoms with Crippen LogP contribution in [0.4, 0.5) is 0 Å². The summed E-state index contributed by atoms with van der Waals surface area (Å²) in [6, 6.07) is 0. The fourth-order valence-corrected chi connectivity index (χ4v) is 3.04. The first kappa shape index (κ1) is 16.6. The van der Waals surface area contributed by atoms with Crippen molar-refractivity contribution in [3.05, 3.63) is 33.0 Å². The Morgan fingerprint density at radius 1 is 1.36 bits per heavy atom. The van der Waals surface area contributed by atoms with Crippen molar-refractivity contribution in [1.29, 1.82) is 0 Å². The number of hydrogen-bond acceptors (Lipinski definition) is 6. The zero-order valence-corrected chi connectivity index (χ0v) is 14.2. The van der Waals surface area contributed by atoms with Gasteiger partial charge in [-0.25, -0.2) is 4.98 Å². The van der Waals surface area contributed by atoms with Crippen molar-refractivity contribution < 1.29 is 14.3 Å². The molecule has 0 saturated heterocycles. The Kier molecular flexibility index (Phi) is 5.68. The average molecular weight is 323 g/mol. The molecule has 2 aromatic rings. The maximum Gasteiger partial charge on any atom is 0.306 e. The molecule has 0 aliphatic heterocycles. The second kappa shape index (κ2) is 7.51. The first-order chi connectivity index (χ1) is 10.5. The summed E-state index contributed by atoms with van der Waals surface area (Å²) in [5, 5.41) is 5.23. The molecular weight excluding hydrogens is 302 g/mol. The van der Waals surface area contributed by atoms with Crippen LogP contribution in [0.15, 0.2) is 6.20 Å². The van der Waals surface area contributed by atoms with E-state index < -0.39 is 0 Å². The van der Waals surface area contributed by atoms with Crippen LogP contribution in [0, 0.1) is 13.8 Å². The zero-order valence-electron chi connectivity index (χ0n) is 13.4. The first-order valence-electron chi connectivity index (χ1n) is 7.08. The molecule has 0 unspecified atom stereocenters. The van der Waals surface area contributed by atoms with Gasteiger partial charge in [0.1, 0.15) is 11.6 Å². The predicted octanol–water partition coefficient (Wildman–Crippen LogP) is 2.32. The zero-order chi connectivity index (χ0) is 16.1. The molecule has 7 heteroatoms. The Bertz CT molecular complexity index is 648. The van der Waals surface area contributed by atoms with E-state index in [-0.39, 0.29) is 12.6 Å². The lowest BCUT2D eigenvalue weighted by Crippen LogP contribution is -2.06. The molecule has 2 heterocycles. The number of esters is 1. The smallest absolute Gasteiger partial charge is 0.306 e. The van der Waals surface area contributed by atoms with Gasteiger partial charge >= 0.3 is 5.97 Å². The minimum Gasteiger partial charge on any atom is -0.460 e. The maximum absolute atomic E-state index is 11.9. The SMILES string of the molecule is COCc1ncc(COC(=O)CCc2c(C)nn(C)c2C)s1. The highest BCUT2D eigenvalue weighted by atomic mass is 32.1. The topological polar surface area (TPSA) is 66.2 Å². The lowest BCUT2D eigenvalue weighted by atomic mass is 10.1. The molecule has 0 fully saturated rings. The number of carbonyl (C=O) groups is 1. The Balaban J connectivity index is 1.80. The quantitative estimate of drug-likeness (QED) is 0.732. The van der Waals surface area contributed by atoms with E-state index >= 15 is 0 Å². The molecule has 0 N–H and O–H groups in total. The van der Waals surface area contributed by atoms with E-state index in [1.165, 1.54) is 11.3 Å². The van der Waals surface area contributed by atoms with Crippen molar-refractivity contribution in [3.63, 3.8) is 0 Å². The van der Waals surface area contributed by atoms with E-state index in [9.17, 15) is 4.79 Å². The number of methoxy groups -OCH3 is 1. The van der Waals surface area contributed by atoms with Crippen LogP contribution in [0.2, 0.25) is 0 Å². The maximum atomic E-state index is 11.9. The van der Waals surface area contributed by atoms with Crippen LogP contribution in [0.1, 0.15) is 33.3 Å². The highest BCUT2D eigenvalue weighted by molar-refractivity contribution is 7.11. The van der Waals surface area contributed by atoms with E-state index in [1.807, 2.05) is 25.6 Å². The summed E-state index contributed by atoms with van der Waals surface area (Å²) in [4.78, 5) is 17.0. The minimum absolute atomic E-state index is 0.204. The van der Waals surface area contributed by atoms with Crippen molar-refractivity contribution in [1.82, 2.24) is 14.8 Å². The molecule has 0 radical (unpaired) electrons. The first-order valence-corrected chi connectivity index (χ1v) is 7.90. The third kappa shape index (κ3) is 4.14. The van der Waals surface area contributed by atoms with Crippen molar-refractivity contribution in [2.24, 2.45) is 7.05 Å². The van der Waals surface area contributed by atoms with E-state index in [0.717, 1.165) is 26.8 Å². The Morgan fingerprint density at radius 3 is 2.77 bits per heavy atom. The van der Waals surface area contributed by atoms with Crippen LogP contribution in [0.25, 0.3) is 0 Å². The van der Waals surface area contributed by atoms with E-state index in [4.69, 9.17) is 9.47 Å². The molecule has 0 spiro atoms. The Hall–Kier alpha value is -1.73. The number of aryl methyl sites for hydroxylation is 2. The summed E-state index contributed by atoms with van der Waals surface area (Å²) >= 11 is 1.50. The number of thiazole rings is 1. The number of ether oxygens (including phenoxy) is 2. The molecule has 0 bridgehead atoms. The Labute approximate surface area is 134 Å². The van der Waals surface area contributed by atoms with Gasteiger partial charge in [0.15, 0.2) is 0 Å². The highest BCUT2D eigenvalue weighted by Gasteiger charge is 2.12. The van der Waals surface area contributed by atoms with Crippen LogP contribution in [0.3, 0.4) is 0 Å². The van der Waals surface area contributed by atoms with Gasteiger partial charge in [0, 0.05) is 32.5 Å². The van der Waals surface area contributed by atoms with Crippen molar-refractivity contribution >= 4 is 17.3 Å². The average Bonchev–Trinajstić information content (AvgIpc) is 3.01. The fraction of sp³-hybridized carbons (Fsp3) is 0.533. The molecule has 2 aromatic heterocycles. The summed E-state index contributed by atoms with van der Waals surface area (Å²) in [6.07, 6.45) is 2.74. The van der Waals surface area contributed by atoms with Crippen LogP contribution < -0.4 is 0 Å². The highest BCUT2D eigenvalue weighted by Crippen LogP contribution is 2.16. The summed E-state index contributed by atoms with van der Waals surface area (Å²) in [5.41, 5.74) is 3.19. The van der Waals surface area contributed by atoms with Crippen LogP contribution >= 0.6 is 11.3 Å². The van der Waals surface area contributed by atoms with Crippen molar-refractivity contribution in [3.8, 4) is 0 Å². The van der Waals surface area contributed by atoms with E-state index in [0.29, 0.717) is 19.4 Å². The third-order valence-corrected chi connectivity index (χ3v) is 4.43. The molecule has 0 atom stereocenters. The van der Waals surface area contributed by atoms with Gasteiger partial charge in [0.2, 0.25) is 0 Å². The number of aromatic nitrogens is 3. The molecule has 0 aliphatic carbocycles. The van der Waals surface area contributed by atoms with Gasteiger partial charge in [-0.2, -0.15) is 5.10 Å². The molecular formula is C15H21N3O3S. The molecule has 2 rings (SSSR count). The van der Waals surface area contributed by atoms with Gasteiger partial charge in [-0.15, -0.1) is 11.3 Å². The van der Waals surface area contributed by atoms with Crippen molar-refractivity contribution in [2.45, 2.75) is 39.9 Å². The lowest BCUT2D eigenvalue weighted by molar-refractivity contribution is -0.144. The van der Waals surface area contributed by atoms with E-state index in [1.54, 1.807) is 13.3 Å². The number of carbonyl (C=O) groups excluding carboxylic acids is 1. The summed E-state index contributed by atoms with van der Waals surface area (Å²) in [5.74, 6) is -0.204. The summed E-state index contributed by atoms with van der Waals surface area (Å²) in [6.45, 7) is 4.72. The van der Waals surface area contributed by atoms with Crippen LogP contribution in [-0.2, 0) is 41.0 Å². The summed E-state index contributed by atoms with van der Waals surface area (Å²) < 4.78 is 12.1. The predicted molar refractivity (Wildman–Crippen MR) is 83.6 cm³/mol. The lowest BCUT2D eigenvalue weighted by Gasteiger charge is -2.04. The van der Waals surface area contributed by atoms with Crippen LogP contribution in [-0.4, -0.2) is 27.8 Å². The van der Waals surface area contributed by atoms with E-state index in [2.05, 4.69) is 10.1 Å². The van der Waals surface area contributed by atoms with Crippen molar-refractivity contribution in [2.75, 3.05) is 7.11 Å². The molecule has 0 aliphatic rings. The van der Waals surface area contributed by atoms with Gasteiger partial charge in [-0.3, -0.25) is 9.48 Å². The fourth-order valence-electron chi connectivity index (χ4n) is 2.24. The molecule has 0 amide bonds. The molecule has 22 heavy (non-hydrogen) atoms. The second-order valence-electron chi connectivity index (χ2n) is 5.09. The molecule has 6 nitrogen and oxygen atoms in total. The number of rotatable bonds is 7. The Morgan fingerprint density at radius 2 is 2.14 bits per heavy atom. The molecule has 0 aromatic carbocycles. The van der Waals surface area contributed by atoms with Gasteiger partial charge in [-0.05, 0) is 25.8 Å². The van der Waals surface area contributed by atoms with Crippen LogP contribution in [0.5, 0.6) is 0 Å². The van der Waals surface area contributed by atoms with Gasteiger partial charge in [0.05, 0.1) is 17.2 Å². The second-order valence-corrected chi connectivity index (χ2v) is 6.29. The minimum atomic E-state index is -0.204. The number of nitrogens with zero attached hydrogens (tertiary/aromatic N) is 3. The molecule has 120 valence electrons. The normalized spacial score (nSPS) is 10.9. The monoisotopic (exact) mass is 323 g/mol. The third-order valence-electron chi connectivity index (χ3n) is 3.48. The number of hydrogen-bond donors (Lipinski definition) is 0. The standard InChI is InChI=1S/C15H21N3O3S/c1-10-13(11(2)18(3)17-10)5-6-15(19)21-8-12-7-16-14(22-12)9-20-4/h7H,5-6,8-9H2,1-4H3. The largest absolute Gasteiger partial charge is 0.460 e. The van der Waals surface area contributed by atoms with Gasteiger partial charge < -0.3 is 9.47 Å². The van der Waals surface area contributed by atoms with Gasteiger partial charge in [-0.1, -0.05) is 0 Å². The molecule has 0 saturated carbocycles.